The van der Waals surface area contributed by atoms with E-state index in [2.05, 4.69) is 19.2 Å². The van der Waals surface area contributed by atoms with Gasteiger partial charge in [-0.15, -0.1) is 0 Å². The third-order valence-electron chi connectivity index (χ3n) is 3.32. The predicted molar refractivity (Wildman–Crippen MR) is 80.7 cm³/mol. The van der Waals surface area contributed by atoms with E-state index in [0.29, 0.717) is 18.5 Å². The lowest BCUT2D eigenvalue weighted by molar-refractivity contribution is 0.318. The highest BCUT2D eigenvalue weighted by Gasteiger charge is 2.25. The van der Waals surface area contributed by atoms with Crippen molar-refractivity contribution in [1.29, 1.82) is 0 Å². The molecule has 0 aromatic carbocycles. The molecule has 0 aliphatic heterocycles. The second-order valence-electron chi connectivity index (χ2n) is 6.31. The summed E-state index contributed by atoms with van der Waals surface area (Å²) in [6.45, 7) is 9.60. The summed E-state index contributed by atoms with van der Waals surface area (Å²) in [5, 5.41) is 3.42. The third-order valence-corrected chi connectivity index (χ3v) is 5.41. The Morgan fingerprint density at radius 3 is 2.26 bits per heavy atom. The molecule has 0 aromatic heterocycles. The lowest BCUT2D eigenvalue weighted by Gasteiger charge is -2.27. The van der Waals surface area contributed by atoms with Gasteiger partial charge in [0.1, 0.15) is 0 Å². The zero-order valence-corrected chi connectivity index (χ0v) is 13.7. The van der Waals surface area contributed by atoms with Crippen LogP contribution in [-0.2, 0) is 10.0 Å². The van der Waals surface area contributed by atoms with Crippen molar-refractivity contribution >= 4 is 10.0 Å². The average Bonchev–Trinajstić information content (AvgIpc) is 3.08. The Balaban J connectivity index is 2.33. The first-order chi connectivity index (χ1) is 8.83. The smallest absolute Gasteiger partial charge is 0.214 e. The van der Waals surface area contributed by atoms with Crippen molar-refractivity contribution in [1.82, 2.24) is 9.62 Å². The van der Waals surface area contributed by atoms with Crippen molar-refractivity contribution in [3.8, 4) is 0 Å². The van der Waals surface area contributed by atoms with Crippen molar-refractivity contribution < 1.29 is 8.42 Å². The number of nitrogens with zero attached hydrogens (tertiary/aromatic N) is 1. The Labute approximate surface area is 119 Å². The van der Waals surface area contributed by atoms with Crippen molar-refractivity contribution in [2.24, 2.45) is 5.92 Å². The molecule has 114 valence electrons. The van der Waals surface area contributed by atoms with Gasteiger partial charge in [0.15, 0.2) is 0 Å². The maximum atomic E-state index is 12.3. The second-order valence-corrected chi connectivity index (χ2v) is 8.35. The summed E-state index contributed by atoms with van der Waals surface area (Å²) in [6, 6.07) is 0.765. The quantitative estimate of drug-likeness (QED) is 0.628. The predicted octanol–water partition coefficient (Wildman–Crippen LogP) is 2.21. The summed E-state index contributed by atoms with van der Waals surface area (Å²) in [4.78, 5) is 0. The highest BCUT2D eigenvalue weighted by Crippen LogP contribution is 2.18. The first-order valence-corrected chi connectivity index (χ1v) is 9.16. The van der Waals surface area contributed by atoms with Crippen molar-refractivity contribution in [3.05, 3.63) is 0 Å². The van der Waals surface area contributed by atoms with E-state index in [1.54, 1.807) is 4.31 Å². The molecule has 0 unspecified atom stereocenters. The minimum atomic E-state index is -3.10. The van der Waals surface area contributed by atoms with E-state index in [0.717, 1.165) is 19.4 Å². The molecule has 0 bridgehead atoms. The van der Waals surface area contributed by atoms with Gasteiger partial charge in [0.25, 0.3) is 0 Å². The summed E-state index contributed by atoms with van der Waals surface area (Å²) in [6.07, 6.45) is 4.27. The van der Waals surface area contributed by atoms with E-state index < -0.39 is 10.0 Å². The van der Waals surface area contributed by atoms with Gasteiger partial charge < -0.3 is 5.32 Å². The zero-order valence-electron chi connectivity index (χ0n) is 12.9. The van der Waals surface area contributed by atoms with Gasteiger partial charge in [-0.25, -0.2) is 8.42 Å². The molecule has 0 radical (unpaired) electrons. The van der Waals surface area contributed by atoms with E-state index in [9.17, 15) is 8.42 Å². The van der Waals surface area contributed by atoms with Gasteiger partial charge in [-0.3, -0.25) is 0 Å². The molecule has 0 atom stereocenters. The topological polar surface area (TPSA) is 49.4 Å². The van der Waals surface area contributed by atoms with Crippen LogP contribution in [0, 0.1) is 5.92 Å². The maximum Gasteiger partial charge on any atom is 0.214 e. The number of sulfonamides is 1. The van der Waals surface area contributed by atoms with Crippen LogP contribution in [-0.4, -0.2) is 43.6 Å². The largest absolute Gasteiger partial charge is 0.314 e. The molecule has 0 spiro atoms. The fourth-order valence-corrected chi connectivity index (χ4v) is 4.10. The van der Waals surface area contributed by atoms with Crippen molar-refractivity contribution in [2.45, 2.75) is 65.5 Å². The van der Waals surface area contributed by atoms with Crippen molar-refractivity contribution in [3.63, 3.8) is 0 Å². The Morgan fingerprint density at radius 1 is 1.16 bits per heavy atom. The first-order valence-electron chi connectivity index (χ1n) is 7.56. The SMILES string of the molecule is CC(C)CN(C(C)C)S(=O)(=O)CCCCNC1CC1. The van der Waals surface area contributed by atoms with Gasteiger partial charge in [-0.05, 0) is 52.0 Å². The lowest BCUT2D eigenvalue weighted by atomic mass is 10.2. The molecule has 0 saturated heterocycles. The highest BCUT2D eigenvalue weighted by molar-refractivity contribution is 7.89. The van der Waals surface area contributed by atoms with Crippen LogP contribution in [0.5, 0.6) is 0 Å². The van der Waals surface area contributed by atoms with Gasteiger partial charge in [-0.2, -0.15) is 4.31 Å². The van der Waals surface area contributed by atoms with Crippen LogP contribution in [0.25, 0.3) is 0 Å². The molecule has 1 N–H and O–H groups in total. The molecule has 19 heavy (non-hydrogen) atoms. The minimum absolute atomic E-state index is 0.0528. The van der Waals surface area contributed by atoms with E-state index in [1.165, 1.54) is 12.8 Å². The molecule has 0 amide bonds. The van der Waals surface area contributed by atoms with Crippen LogP contribution in [0.4, 0.5) is 0 Å². The van der Waals surface area contributed by atoms with E-state index in [1.807, 2.05) is 13.8 Å². The molecule has 5 heteroatoms. The number of hydrogen-bond acceptors (Lipinski definition) is 3. The van der Waals surface area contributed by atoms with E-state index in [-0.39, 0.29) is 11.8 Å². The number of nitrogens with one attached hydrogen (secondary N) is 1. The molecule has 1 aliphatic carbocycles. The van der Waals surface area contributed by atoms with E-state index in [4.69, 9.17) is 0 Å². The van der Waals surface area contributed by atoms with E-state index >= 15 is 0 Å². The fraction of sp³-hybridized carbons (Fsp3) is 1.00. The molecule has 1 aliphatic rings. The monoisotopic (exact) mass is 290 g/mol. The van der Waals surface area contributed by atoms with Gasteiger partial charge in [0.2, 0.25) is 10.0 Å². The summed E-state index contributed by atoms with van der Waals surface area (Å²) in [5.41, 5.74) is 0. The normalized spacial score (nSPS) is 16.8. The second kappa shape index (κ2) is 7.60. The van der Waals surface area contributed by atoms with Crippen LogP contribution in [0.2, 0.25) is 0 Å². The summed E-state index contributed by atoms with van der Waals surface area (Å²) < 4.78 is 26.3. The molecule has 0 heterocycles. The summed E-state index contributed by atoms with van der Waals surface area (Å²) in [5.74, 6) is 0.651. The van der Waals surface area contributed by atoms with Crippen LogP contribution in [0.3, 0.4) is 0 Å². The third kappa shape index (κ3) is 6.72. The molecule has 1 rings (SSSR count). The maximum absolute atomic E-state index is 12.3. The van der Waals surface area contributed by atoms with Crippen LogP contribution < -0.4 is 5.32 Å². The van der Waals surface area contributed by atoms with Gasteiger partial charge in [0.05, 0.1) is 5.75 Å². The lowest BCUT2D eigenvalue weighted by Crippen LogP contribution is -2.40. The molecule has 0 aromatic rings. The number of hydrogen-bond donors (Lipinski definition) is 1. The number of rotatable bonds is 10. The van der Waals surface area contributed by atoms with Gasteiger partial charge in [-0.1, -0.05) is 13.8 Å². The fourth-order valence-electron chi connectivity index (χ4n) is 2.13. The zero-order chi connectivity index (χ0) is 14.5. The standard InChI is InChI=1S/C14H30N2O2S/c1-12(2)11-16(13(3)4)19(17,18)10-6-5-9-15-14-7-8-14/h12-15H,5-11H2,1-4H3. The van der Waals surface area contributed by atoms with Crippen molar-refractivity contribution in [2.75, 3.05) is 18.8 Å². The minimum Gasteiger partial charge on any atom is -0.314 e. The number of unbranched alkanes of at least 4 members (excludes halogenated alkanes) is 1. The van der Waals surface area contributed by atoms with Crippen LogP contribution >= 0.6 is 0 Å². The highest BCUT2D eigenvalue weighted by atomic mass is 32.2. The van der Waals surface area contributed by atoms with Crippen LogP contribution in [0.15, 0.2) is 0 Å². The first kappa shape index (κ1) is 16.9. The van der Waals surface area contributed by atoms with Gasteiger partial charge >= 0.3 is 0 Å². The molecular weight excluding hydrogens is 260 g/mol. The Kier molecular flexibility index (Phi) is 6.77. The molecular formula is C14H30N2O2S. The van der Waals surface area contributed by atoms with Gasteiger partial charge in [0, 0.05) is 18.6 Å². The molecule has 1 fully saturated rings. The summed E-state index contributed by atoms with van der Waals surface area (Å²) in [7, 11) is -3.10. The molecule has 4 nitrogen and oxygen atoms in total. The van der Waals surface area contributed by atoms with Crippen LogP contribution in [0.1, 0.15) is 53.4 Å². The Morgan fingerprint density at radius 2 is 1.79 bits per heavy atom. The summed E-state index contributed by atoms with van der Waals surface area (Å²) >= 11 is 0. The Bertz CT molecular complexity index is 348. The molecule has 1 saturated carbocycles. The Hall–Kier alpha value is -0.130. The average molecular weight is 290 g/mol.